The average Bonchev–Trinajstić information content (AvgIpc) is 1.72. The van der Waals surface area contributed by atoms with Crippen LogP contribution in [0.15, 0.2) is 299 Å². The van der Waals surface area contributed by atoms with Crippen LogP contribution in [0.4, 0.5) is 0 Å². The van der Waals surface area contributed by atoms with E-state index in [0.717, 1.165) is 37.5 Å². The molecule has 0 aromatic heterocycles. The first-order valence-electron chi connectivity index (χ1n) is 37.3. The maximum Gasteiger partial charge on any atom is 0.0281 e. The van der Waals surface area contributed by atoms with E-state index in [-0.39, 0.29) is 0 Å². The Bertz CT molecular complexity index is 4080. The summed E-state index contributed by atoms with van der Waals surface area (Å²) in [6, 6.07) is 44.3. The van der Waals surface area contributed by atoms with Crippen molar-refractivity contribution in [2.75, 3.05) is 0 Å². The first-order valence-corrected chi connectivity index (χ1v) is 37.3. The topological polar surface area (TPSA) is 0 Å². The van der Waals surface area contributed by atoms with Gasteiger partial charge in [-0.15, -0.1) is 0 Å². The fourth-order valence-electron chi connectivity index (χ4n) is 17.2. The van der Waals surface area contributed by atoms with E-state index in [1.807, 2.05) is 0 Å². The highest BCUT2D eigenvalue weighted by Gasteiger charge is 2.43. The lowest BCUT2D eigenvalue weighted by molar-refractivity contribution is 0.332. The highest BCUT2D eigenvalue weighted by molar-refractivity contribution is 5.79. The summed E-state index contributed by atoms with van der Waals surface area (Å²) in [6.45, 7) is 6.69. The Morgan fingerprint density at radius 1 is 0.411 bits per heavy atom. The fourth-order valence-corrected chi connectivity index (χ4v) is 17.2. The van der Waals surface area contributed by atoms with Crippen molar-refractivity contribution in [3.05, 3.63) is 360 Å². The number of allylic oxidation sites excluding steroid dienone is 32. The van der Waals surface area contributed by atoms with Crippen LogP contribution in [0.3, 0.4) is 0 Å². The zero-order valence-corrected chi connectivity index (χ0v) is 57.5. The molecule has 3 fully saturated rings. The summed E-state index contributed by atoms with van der Waals surface area (Å²) in [5, 5.41) is 0. The van der Waals surface area contributed by atoms with E-state index in [1.165, 1.54) is 245 Å². The van der Waals surface area contributed by atoms with Crippen molar-refractivity contribution < 1.29 is 0 Å². The van der Waals surface area contributed by atoms with Gasteiger partial charge >= 0.3 is 0 Å². The summed E-state index contributed by atoms with van der Waals surface area (Å²) in [4.78, 5) is 0. The molecule has 0 nitrogen and oxygen atoms in total. The molecule has 0 spiro atoms. The molecular weight excluding hydrogens is 1140 g/mol. The molecule has 482 valence electrons. The van der Waals surface area contributed by atoms with Gasteiger partial charge in [0.2, 0.25) is 0 Å². The summed E-state index contributed by atoms with van der Waals surface area (Å²) < 4.78 is 0. The minimum atomic E-state index is 0.392. The molecule has 11 aliphatic rings. The Labute approximate surface area is 571 Å². The third-order valence-corrected chi connectivity index (χ3v) is 23.4. The van der Waals surface area contributed by atoms with Crippen molar-refractivity contribution in [3.63, 3.8) is 0 Å². The third kappa shape index (κ3) is 15.5. The number of benzene rings is 5. The molecule has 5 aromatic carbocycles. The first-order chi connectivity index (χ1) is 46.8. The molecule has 0 heteroatoms. The lowest BCUT2D eigenvalue weighted by Crippen LogP contribution is -2.12. The fraction of sp³-hybridized carbons (Fsp3) is 0.347. The highest BCUT2D eigenvalue weighted by Crippen LogP contribution is 2.52. The van der Waals surface area contributed by atoms with Gasteiger partial charge in [-0.3, -0.25) is 0 Å². The van der Waals surface area contributed by atoms with Crippen LogP contribution in [0, 0.1) is 44.4 Å². The Hall–Kier alpha value is -8.06. The summed E-state index contributed by atoms with van der Waals surface area (Å²) in [5.74, 6) is 3.04. The largest absolute Gasteiger partial charge is 0.0836 e. The first kappa shape index (κ1) is 64.3. The molecule has 0 aliphatic heterocycles. The Morgan fingerprint density at radius 3 is 1.35 bits per heavy atom. The van der Waals surface area contributed by atoms with Gasteiger partial charge in [-0.05, 0) is 257 Å². The van der Waals surface area contributed by atoms with Crippen molar-refractivity contribution >= 4 is 5.57 Å². The number of aryl methyl sites for hydroxylation is 4. The van der Waals surface area contributed by atoms with Gasteiger partial charge in [-0.25, -0.2) is 0 Å². The second-order valence-electron chi connectivity index (χ2n) is 29.7. The average molecular weight is 1240 g/mol. The predicted octanol–water partition coefficient (Wildman–Crippen LogP) is 24.9. The van der Waals surface area contributed by atoms with E-state index in [1.54, 1.807) is 5.56 Å². The van der Waals surface area contributed by atoms with Crippen LogP contribution >= 0.6 is 0 Å². The number of rotatable bonds is 18. The predicted molar refractivity (Wildman–Crippen MR) is 406 cm³/mol. The second-order valence-corrected chi connectivity index (χ2v) is 29.7. The Balaban J connectivity index is 0.000000123. The van der Waals surface area contributed by atoms with Gasteiger partial charge in [0.05, 0.1) is 0 Å². The van der Waals surface area contributed by atoms with Crippen molar-refractivity contribution in [3.8, 4) is 0 Å². The summed E-state index contributed by atoms with van der Waals surface area (Å²) in [5.41, 5.74) is 32.4. The standard InChI is InChI=1S/C33H32.C31H34.C31H36/c1-3-8-27(9-4-1)31-19-18-28(30-12-7-13-32(30)31)24-26-16-14-25(15-17-26)20-21-33(22-23-33)29-10-5-2-6-11-29;1-21-18-28(19-22(2)23(21)3)30-17-16-27(29-10-7-11-31(29)30)20-24-12-14-26(15-13-24)25-8-5-4-6-9-25;1-3-9-24(10-4-1)11-7-12-25-17-19-26(20-18-25)23-28-21-22-30(27-13-5-2-6-14-27)31-16-8-15-29(28)31/h2-3,5-19,32H,1,4,20-24H2;7,10-19,25,31H,4-6,8-9,20H2,1-3H3;5,8,13-22,24,31H,1-4,6-7,9-12,23H2. The molecule has 0 bridgehead atoms. The maximum absolute atomic E-state index is 2.40. The van der Waals surface area contributed by atoms with Crippen LogP contribution in [0.2, 0.25) is 0 Å². The van der Waals surface area contributed by atoms with E-state index < -0.39 is 0 Å². The van der Waals surface area contributed by atoms with Crippen LogP contribution in [0.25, 0.3) is 5.57 Å². The summed E-state index contributed by atoms with van der Waals surface area (Å²) >= 11 is 0. The minimum Gasteiger partial charge on any atom is -0.0836 e. The monoisotopic (exact) mass is 1240 g/mol. The molecule has 0 saturated heterocycles. The Morgan fingerprint density at radius 2 is 0.863 bits per heavy atom. The molecule has 3 unspecified atom stereocenters. The van der Waals surface area contributed by atoms with Gasteiger partial charge < -0.3 is 0 Å². The smallest absolute Gasteiger partial charge is 0.0281 e. The molecule has 3 saturated carbocycles. The summed E-state index contributed by atoms with van der Waals surface area (Å²) in [7, 11) is 0. The van der Waals surface area contributed by atoms with E-state index >= 15 is 0 Å². The number of hydrogen-bond donors (Lipinski definition) is 0. The van der Waals surface area contributed by atoms with Crippen LogP contribution in [0.5, 0.6) is 0 Å². The molecule has 0 radical (unpaired) electrons. The van der Waals surface area contributed by atoms with E-state index in [9.17, 15) is 0 Å². The molecule has 0 amide bonds. The highest BCUT2D eigenvalue weighted by atomic mass is 14.5. The van der Waals surface area contributed by atoms with Crippen LogP contribution in [0.1, 0.15) is 189 Å². The van der Waals surface area contributed by atoms with Crippen molar-refractivity contribution in [2.24, 2.45) is 23.7 Å². The van der Waals surface area contributed by atoms with Gasteiger partial charge in [0, 0.05) is 17.8 Å². The van der Waals surface area contributed by atoms with E-state index in [4.69, 9.17) is 0 Å². The van der Waals surface area contributed by atoms with Crippen LogP contribution in [-0.2, 0) is 37.5 Å². The van der Waals surface area contributed by atoms with Gasteiger partial charge in [0.15, 0.2) is 0 Å². The lowest BCUT2D eigenvalue weighted by Gasteiger charge is -2.26. The van der Waals surface area contributed by atoms with Crippen molar-refractivity contribution in [1.29, 1.82) is 0 Å². The van der Waals surface area contributed by atoms with Gasteiger partial charge in [-0.2, -0.15) is 0 Å². The molecule has 0 heterocycles. The molecule has 95 heavy (non-hydrogen) atoms. The van der Waals surface area contributed by atoms with Gasteiger partial charge in [0.25, 0.3) is 0 Å². The molecule has 16 rings (SSSR count). The second kappa shape index (κ2) is 30.3. The zero-order chi connectivity index (χ0) is 64.3. The number of hydrogen-bond acceptors (Lipinski definition) is 0. The molecule has 11 aliphatic carbocycles. The molecule has 0 N–H and O–H groups in total. The van der Waals surface area contributed by atoms with E-state index in [2.05, 4.69) is 264 Å². The molecular formula is C95H102. The number of fused-ring (bicyclic) bond motifs is 3. The van der Waals surface area contributed by atoms with Crippen molar-refractivity contribution in [2.45, 2.75) is 186 Å². The Kier molecular flexibility index (Phi) is 20.5. The maximum atomic E-state index is 2.40. The third-order valence-electron chi connectivity index (χ3n) is 23.4. The van der Waals surface area contributed by atoms with E-state index in [0.29, 0.717) is 23.2 Å². The van der Waals surface area contributed by atoms with Crippen LogP contribution in [-0.4, -0.2) is 0 Å². The van der Waals surface area contributed by atoms with Gasteiger partial charge in [0.1, 0.15) is 0 Å². The van der Waals surface area contributed by atoms with Gasteiger partial charge in [-0.1, -0.05) is 301 Å². The van der Waals surface area contributed by atoms with Crippen molar-refractivity contribution in [1.82, 2.24) is 0 Å². The molecule has 3 atom stereocenters. The summed E-state index contributed by atoms with van der Waals surface area (Å²) in [6.07, 6.45) is 80.2. The quantitative estimate of drug-likeness (QED) is 0.0820. The lowest BCUT2D eigenvalue weighted by atomic mass is 9.78. The normalized spacial score (nSPS) is 22.1. The molecule has 5 aromatic rings. The zero-order valence-electron chi connectivity index (χ0n) is 57.5. The van der Waals surface area contributed by atoms with Crippen LogP contribution < -0.4 is 0 Å². The minimum absolute atomic E-state index is 0.392. The SMILES string of the molecule is C1=CC2C(C3=CCCC=C3)=CC=C(Cc3ccc(CCC4(c5ccccc5)CC4)cc3)C2=C1.C1=CC2C(C3=CCCC=C3)=CC=C(Cc3ccc(CCCC4CCCCC4)cc3)C2=C1.Cc1cc(C2=CC=C(Cc3ccc(C4CCCCC4)cc3)C3=CC=CC32)cc(C)c1C.